The molecular weight excluding hydrogens is 1040 g/mol. The Morgan fingerprint density at radius 1 is 0.310 bits per heavy atom. The molecule has 0 bridgehead atoms. The number of nitrogens with zero attached hydrogens (tertiary/aromatic N) is 1. The Hall–Kier alpha value is -6.41. The molecule has 6 aromatic rings. The van der Waals surface area contributed by atoms with E-state index in [0.29, 0.717) is 38.6 Å². The molecule has 0 N–H and O–H groups in total. The third-order valence-corrected chi connectivity index (χ3v) is 10.7. The van der Waals surface area contributed by atoms with Crippen LogP contribution in [0.2, 0.25) is 0 Å². The van der Waals surface area contributed by atoms with Gasteiger partial charge < -0.3 is 33.3 Å². The Labute approximate surface area is 513 Å². The number of hydrogen-bond donors (Lipinski definition) is 0. The minimum Gasteiger partial charge on any atom is -0.493 e. The second-order valence-corrected chi connectivity index (χ2v) is 25.3. The number of aryl methyl sites for hydroxylation is 3. The number of benzene rings is 6. The van der Waals surface area contributed by atoms with Gasteiger partial charge in [0, 0.05) is 19.9 Å². The topological polar surface area (TPSA) is 75.7 Å². The number of ether oxygens (including phenoxy) is 6. The van der Waals surface area contributed by atoms with Crippen molar-refractivity contribution in [1.82, 2.24) is 0 Å². The Kier molecular flexibility index (Phi) is 41.4. The van der Waals surface area contributed by atoms with Gasteiger partial charge >= 0.3 is 0 Å². The Morgan fingerprint density at radius 2 is 0.595 bits per heavy atom. The maximum absolute atomic E-state index is 10.9. The van der Waals surface area contributed by atoms with Gasteiger partial charge in [-0.2, -0.15) is 0 Å². The molecule has 0 spiro atoms. The first kappa shape index (κ1) is 75.6. The van der Waals surface area contributed by atoms with Gasteiger partial charge in [0.15, 0.2) is 23.0 Å². The van der Waals surface area contributed by atoms with Gasteiger partial charge in [0.2, 0.25) is 6.79 Å². The number of Topliss-reactive ketones (excluding diaryl/α,β-unsaturated/α-hetero) is 1. The van der Waals surface area contributed by atoms with Gasteiger partial charge in [-0.1, -0.05) is 228 Å². The third-order valence-electron chi connectivity index (χ3n) is 10.7. The van der Waals surface area contributed by atoms with Gasteiger partial charge in [0.25, 0.3) is 0 Å². The second-order valence-electron chi connectivity index (χ2n) is 25.3. The van der Waals surface area contributed by atoms with Gasteiger partial charge in [-0.05, 0) is 144 Å². The van der Waals surface area contributed by atoms with E-state index >= 15 is 0 Å². The van der Waals surface area contributed by atoms with E-state index in [1.54, 1.807) is 11.1 Å². The zero-order valence-electron chi connectivity index (χ0n) is 56.0. The Bertz CT molecular complexity index is 2270. The molecule has 6 aliphatic rings. The van der Waals surface area contributed by atoms with Crippen molar-refractivity contribution >= 4 is 11.5 Å². The summed E-state index contributed by atoms with van der Waals surface area (Å²) in [4.78, 5) is 13.1. The molecule has 0 saturated heterocycles. The Balaban J connectivity index is 0.000000469. The number of rotatable bonds is 0. The van der Waals surface area contributed by atoms with Crippen LogP contribution in [0.1, 0.15) is 172 Å². The van der Waals surface area contributed by atoms with Gasteiger partial charge in [-0.3, -0.25) is 4.79 Å². The smallest absolute Gasteiger partial charge is 0.231 e. The van der Waals surface area contributed by atoms with Crippen LogP contribution in [-0.2, 0) is 36.9 Å². The lowest BCUT2D eigenvalue weighted by Crippen LogP contribution is -2.28. The number of carbonyl (C=O) groups is 1. The lowest BCUT2D eigenvalue weighted by molar-refractivity contribution is -0.117. The summed E-state index contributed by atoms with van der Waals surface area (Å²) in [6, 6.07) is 48.5. The van der Waals surface area contributed by atoms with Crippen molar-refractivity contribution in [2.24, 2.45) is 35.5 Å². The van der Waals surface area contributed by atoms with Crippen molar-refractivity contribution in [2.75, 3.05) is 51.7 Å². The highest BCUT2D eigenvalue weighted by atomic mass is 16.7. The number of carbonyl (C=O) groups excluding carboxylic acids is 1. The van der Waals surface area contributed by atoms with E-state index in [2.05, 4.69) is 179 Å². The summed E-state index contributed by atoms with van der Waals surface area (Å²) in [6.07, 6.45) is 9.01. The predicted octanol–water partition coefficient (Wildman–Crippen LogP) is 20.3. The van der Waals surface area contributed by atoms with E-state index in [9.17, 15) is 4.79 Å². The zero-order valence-corrected chi connectivity index (χ0v) is 56.0. The van der Waals surface area contributed by atoms with Crippen molar-refractivity contribution in [2.45, 2.75) is 176 Å². The molecule has 0 radical (unpaired) electrons. The largest absolute Gasteiger partial charge is 0.493 e. The summed E-state index contributed by atoms with van der Waals surface area (Å²) < 4.78 is 31.6. The minimum absolute atomic E-state index is 0.348. The van der Waals surface area contributed by atoms with Crippen LogP contribution in [0, 0.1) is 35.5 Å². The van der Waals surface area contributed by atoms with Crippen LogP contribution < -0.4 is 33.3 Å². The van der Waals surface area contributed by atoms with Gasteiger partial charge in [0.1, 0.15) is 37.1 Å². The van der Waals surface area contributed by atoms with Crippen molar-refractivity contribution in [3.8, 4) is 34.5 Å². The minimum atomic E-state index is 0.348. The van der Waals surface area contributed by atoms with Crippen molar-refractivity contribution in [3.05, 3.63) is 173 Å². The van der Waals surface area contributed by atoms with E-state index in [1.807, 2.05) is 103 Å². The lowest BCUT2D eigenvalue weighted by Gasteiger charge is -2.27. The highest BCUT2D eigenvalue weighted by molar-refractivity contribution is 5.87. The van der Waals surface area contributed by atoms with E-state index in [0.717, 1.165) is 96.2 Å². The van der Waals surface area contributed by atoms with Crippen LogP contribution in [0.4, 0.5) is 5.69 Å². The summed E-state index contributed by atoms with van der Waals surface area (Å²) in [5.74, 6) is 10.8. The first-order valence-electron chi connectivity index (χ1n) is 31.5. The molecule has 12 rings (SSSR count). The molecule has 4 heterocycles. The third kappa shape index (κ3) is 38.4. The Morgan fingerprint density at radius 3 is 0.976 bits per heavy atom. The number of fused-ring (bicyclic) bond motifs is 6. The van der Waals surface area contributed by atoms with Gasteiger partial charge in [-0.15, -0.1) is 0 Å². The average molecular weight is 1150 g/mol. The van der Waals surface area contributed by atoms with Crippen LogP contribution in [0.15, 0.2) is 146 Å². The van der Waals surface area contributed by atoms with Crippen LogP contribution in [-0.4, -0.2) is 52.6 Å². The van der Waals surface area contributed by atoms with E-state index in [1.165, 1.54) is 54.5 Å². The number of likely N-dealkylation sites (N-methyl/N-ethyl adjacent to an activating group) is 1. The molecule has 0 aromatic heterocycles. The molecule has 0 unspecified atom stereocenters. The molecule has 466 valence electrons. The fourth-order valence-corrected chi connectivity index (χ4v) is 7.51. The fraction of sp³-hybridized carbons (Fsp3) is 0.513. The summed E-state index contributed by atoms with van der Waals surface area (Å²) in [5, 5.41) is 0. The first-order chi connectivity index (χ1) is 40.0. The summed E-state index contributed by atoms with van der Waals surface area (Å²) >= 11 is 0. The van der Waals surface area contributed by atoms with Crippen LogP contribution in [0.5, 0.6) is 34.5 Å². The van der Waals surface area contributed by atoms with Crippen LogP contribution in [0.25, 0.3) is 0 Å². The van der Waals surface area contributed by atoms with Crippen molar-refractivity contribution < 1.29 is 33.2 Å². The van der Waals surface area contributed by atoms with E-state index in [4.69, 9.17) is 28.4 Å². The highest BCUT2D eigenvalue weighted by Gasteiger charge is 2.17. The normalized spacial score (nSPS) is 13.5. The van der Waals surface area contributed by atoms with Gasteiger partial charge in [0.05, 0.1) is 18.8 Å². The molecular formula is C76H115NO7. The number of ketones is 1. The standard InChI is InChI=1S/C10H12.C9H11NO.C9H10O.C9H8O.C8H8O2.C7H6O2.6C4H10/c1-2-6-10-8-4-3-7-9(10)5-1;1-10-6-7-11-9-5-3-2-4-8(9)10;1-2-6-9-8(4-1)5-3-7-10-9;10-9-5-7-3-1-2-4-8(7)6-9;1-2-4-8-7(3-1)9-5-6-10-8;1-2-4-7-6(3-1)8-5-9-7;6*1-4(2)3/h1-2,5-6H,3-4,7-8H2;2-5H,6-7H2,1H3;1-2,4,6H,3,5,7H2;2*1-4H,5-6H2;1-4H,5H2;6*4H,1-3H3. The monoisotopic (exact) mass is 1150 g/mol. The molecule has 0 amide bonds. The van der Waals surface area contributed by atoms with E-state index < -0.39 is 0 Å². The van der Waals surface area contributed by atoms with Crippen molar-refractivity contribution in [1.29, 1.82) is 0 Å². The van der Waals surface area contributed by atoms with E-state index in [-0.39, 0.29) is 0 Å². The van der Waals surface area contributed by atoms with Gasteiger partial charge in [-0.25, -0.2) is 0 Å². The maximum atomic E-state index is 10.9. The summed E-state index contributed by atoms with van der Waals surface area (Å²) in [5.41, 5.74) is 8.13. The molecule has 0 fully saturated rings. The highest BCUT2D eigenvalue weighted by Crippen LogP contribution is 2.31. The molecule has 8 heteroatoms. The molecule has 6 aromatic carbocycles. The summed E-state index contributed by atoms with van der Waals surface area (Å²) in [7, 11) is 2.08. The fourth-order valence-electron chi connectivity index (χ4n) is 7.51. The molecule has 0 saturated carbocycles. The predicted molar refractivity (Wildman–Crippen MR) is 360 cm³/mol. The maximum Gasteiger partial charge on any atom is 0.231 e. The first-order valence-corrected chi connectivity index (χ1v) is 31.5. The number of hydrogen-bond acceptors (Lipinski definition) is 8. The molecule has 2 aliphatic carbocycles. The number of para-hydroxylation sites is 7. The molecule has 0 atom stereocenters. The molecule has 4 aliphatic heterocycles. The lowest BCUT2D eigenvalue weighted by atomic mass is 9.92. The molecule has 84 heavy (non-hydrogen) atoms. The quantitative estimate of drug-likeness (QED) is 0.149. The SMILES string of the molecule is CC(C)C.CC(C)C.CC(C)C.CC(C)C.CC(C)C.CC(C)C.CN1CCOc2ccccc21.O=C1Cc2ccccc2C1.c1ccc2c(c1)CCCC2.c1ccc2c(c1)CCCO2.c1ccc2c(c1)OCCO2.c1ccc2c(c1)OCO2. The average Bonchev–Trinajstić information content (AvgIpc) is 4.20. The van der Waals surface area contributed by atoms with Crippen molar-refractivity contribution in [3.63, 3.8) is 0 Å². The number of anilines is 1. The zero-order chi connectivity index (χ0) is 62.7. The van der Waals surface area contributed by atoms with Crippen LogP contribution >= 0.6 is 0 Å². The van der Waals surface area contributed by atoms with Crippen LogP contribution in [0.3, 0.4) is 0 Å². The second kappa shape index (κ2) is 46.0. The summed E-state index contributed by atoms with van der Waals surface area (Å²) in [6.45, 7) is 43.4. The molecule has 8 nitrogen and oxygen atoms in total.